The Morgan fingerprint density at radius 1 is 1.00 bits per heavy atom. The number of nitrogens with one attached hydrogen (secondary N) is 1. The maximum atomic E-state index is 13.3. The maximum absolute atomic E-state index is 13.3. The molecule has 1 saturated carbocycles. The van der Waals surface area contributed by atoms with Crippen molar-refractivity contribution in [3.8, 4) is 28.4 Å². The van der Waals surface area contributed by atoms with Crippen LogP contribution in [0.1, 0.15) is 28.8 Å². The van der Waals surface area contributed by atoms with E-state index in [0.717, 1.165) is 24.0 Å². The van der Waals surface area contributed by atoms with Crippen LogP contribution in [0.2, 0.25) is 5.02 Å². The number of nitrogens with zero attached hydrogens (tertiary/aromatic N) is 3. The van der Waals surface area contributed by atoms with Gasteiger partial charge in [-0.05, 0) is 44.0 Å². The topological polar surface area (TPSA) is 85.7 Å². The van der Waals surface area contributed by atoms with Crippen molar-refractivity contribution in [3.63, 3.8) is 0 Å². The summed E-state index contributed by atoms with van der Waals surface area (Å²) >= 11 is 6.08. The van der Waals surface area contributed by atoms with E-state index in [1.165, 1.54) is 0 Å². The van der Waals surface area contributed by atoms with Gasteiger partial charge in [0.1, 0.15) is 18.0 Å². The third kappa shape index (κ3) is 6.07. The number of ether oxygens (including phenoxy) is 2. The maximum Gasteiger partial charge on any atom is 0.254 e. The molecule has 1 fully saturated rings. The summed E-state index contributed by atoms with van der Waals surface area (Å²) < 4.78 is 12.7. The van der Waals surface area contributed by atoms with Crippen molar-refractivity contribution in [2.45, 2.75) is 25.8 Å². The van der Waals surface area contributed by atoms with Crippen LogP contribution >= 0.6 is 11.6 Å². The lowest BCUT2D eigenvalue weighted by Gasteiger charge is -2.22. The first-order valence-corrected chi connectivity index (χ1v) is 13.0. The second-order valence-corrected chi connectivity index (χ2v) is 9.91. The number of amides is 2. The lowest BCUT2D eigenvalue weighted by molar-refractivity contribution is -0.117. The van der Waals surface area contributed by atoms with E-state index in [-0.39, 0.29) is 24.4 Å². The Hall–Kier alpha value is -4.30. The van der Waals surface area contributed by atoms with E-state index >= 15 is 0 Å². The molecule has 0 atom stereocenters. The molecule has 1 heterocycles. The predicted molar refractivity (Wildman–Crippen MR) is 151 cm³/mol. The fraction of sp³-hybridized carbons (Fsp3) is 0.233. The van der Waals surface area contributed by atoms with Crippen molar-refractivity contribution < 1.29 is 19.1 Å². The van der Waals surface area contributed by atoms with E-state index < -0.39 is 0 Å². The zero-order valence-electron chi connectivity index (χ0n) is 22.0. The Morgan fingerprint density at radius 2 is 1.64 bits per heavy atom. The largest absolute Gasteiger partial charge is 0.497 e. The predicted octanol–water partition coefficient (Wildman–Crippen LogP) is 5.76. The van der Waals surface area contributed by atoms with Crippen molar-refractivity contribution >= 4 is 29.4 Å². The molecule has 1 aromatic heterocycles. The SMILES string of the molecule is COc1cc(OC)cc(-n2cc(-c3ccc(Cl)cc3)nc2NC(=O)CN(C(=O)c2ccc(C)cc2)C2CC2)c1. The van der Waals surface area contributed by atoms with Gasteiger partial charge >= 0.3 is 0 Å². The van der Waals surface area contributed by atoms with Crippen LogP contribution < -0.4 is 14.8 Å². The van der Waals surface area contributed by atoms with Crippen LogP contribution in [0.25, 0.3) is 16.9 Å². The summed E-state index contributed by atoms with van der Waals surface area (Å²) in [5.41, 5.74) is 3.79. The van der Waals surface area contributed by atoms with Crippen molar-refractivity contribution in [1.29, 1.82) is 0 Å². The molecule has 1 aliphatic carbocycles. The molecule has 0 spiro atoms. The van der Waals surface area contributed by atoms with Gasteiger partial charge in [-0.1, -0.05) is 41.4 Å². The number of benzene rings is 3. The highest BCUT2D eigenvalue weighted by Gasteiger charge is 2.34. The molecule has 200 valence electrons. The van der Waals surface area contributed by atoms with E-state index in [2.05, 4.69) is 5.32 Å². The molecule has 39 heavy (non-hydrogen) atoms. The normalized spacial score (nSPS) is 12.6. The first kappa shape index (κ1) is 26.3. The smallest absolute Gasteiger partial charge is 0.254 e. The summed E-state index contributed by atoms with van der Waals surface area (Å²) in [5.74, 6) is 0.986. The Balaban J connectivity index is 1.46. The van der Waals surface area contributed by atoms with E-state index in [1.54, 1.807) is 54.0 Å². The summed E-state index contributed by atoms with van der Waals surface area (Å²) in [6, 6.07) is 20.2. The average molecular weight is 545 g/mol. The molecule has 4 aromatic rings. The van der Waals surface area contributed by atoms with Gasteiger partial charge in [-0.3, -0.25) is 19.5 Å². The number of hydrogen-bond donors (Lipinski definition) is 1. The van der Waals surface area contributed by atoms with Crippen LogP contribution in [0, 0.1) is 6.92 Å². The van der Waals surface area contributed by atoms with Gasteiger partial charge in [0.2, 0.25) is 11.9 Å². The molecule has 8 nitrogen and oxygen atoms in total. The van der Waals surface area contributed by atoms with Gasteiger partial charge in [-0.25, -0.2) is 4.98 Å². The first-order valence-electron chi connectivity index (χ1n) is 12.6. The monoisotopic (exact) mass is 544 g/mol. The Labute approximate surface area is 232 Å². The highest BCUT2D eigenvalue weighted by molar-refractivity contribution is 6.30. The number of aromatic nitrogens is 2. The second-order valence-electron chi connectivity index (χ2n) is 9.48. The Kier molecular flexibility index (Phi) is 7.56. The molecule has 1 N–H and O–H groups in total. The van der Waals surface area contributed by atoms with Gasteiger partial charge < -0.3 is 14.4 Å². The number of carbonyl (C=O) groups excluding carboxylic acids is 2. The van der Waals surface area contributed by atoms with Gasteiger partial charge in [-0.15, -0.1) is 0 Å². The molecule has 0 aliphatic heterocycles. The molecular formula is C30H29ClN4O4. The molecule has 0 unspecified atom stereocenters. The summed E-state index contributed by atoms with van der Waals surface area (Å²) in [7, 11) is 3.15. The molecule has 2 amide bonds. The zero-order valence-corrected chi connectivity index (χ0v) is 22.7. The number of aryl methyl sites for hydroxylation is 1. The number of anilines is 1. The quantitative estimate of drug-likeness (QED) is 0.289. The second kappa shape index (κ2) is 11.2. The van der Waals surface area contributed by atoms with Gasteiger partial charge in [0.15, 0.2) is 0 Å². The molecule has 5 rings (SSSR count). The fourth-order valence-corrected chi connectivity index (χ4v) is 4.42. The van der Waals surface area contributed by atoms with E-state index in [4.69, 9.17) is 26.1 Å². The third-order valence-electron chi connectivity index (χ3n) is 6.57. The molecule has 9 heteroatoms. The fourth-order valence-electron chi connectivity index (χ4n) is 4.29. The van der Waals surface area contributed by atoms with Gasteiger partial charge in [0.25, 0.3) is 5.91 Å². The summed E-state index contributed by atoms with van der Waals surface area (Å²) in [6.07, 6.45) is 3.58. The highest BCUT2D eigenvalue weighted by Crippen LogP contribution is 2.31. The number of methoxy groups -OCH3 is 2. The van der Waals surface area contributed by atoms with Crippen LogP contribution in [-0.2, 0) is 4.79 Å². The van der Waals surface area contributed by atoms with Gasteiger partial charge in [-0.2, -0.15) is 0 Å². The van der Waals surface area contributed by atoms with Crippen molar-refractivity contribution in [1.82, 2.24) is 14.5 Å². The number of rotatable bonds is 9. The van der Waals surface area contributed by atoms with E-state index in [0.29, 0.717) is 39.4 Å². The van der Waals surface area contributed by atoms with Crippen molar-refractivity contribution in [3.05, 3.63) is 89.1 Å². The summed E-state index contributed by atoms with van der Waals surface area (Å²) in [4.78, 5) is 33.0. The Morgan fingerprint density at radius 3 is 2.23 bits per heavy atom. The average Bonchev–Trinajstić information content (AvgIpc) is 3.71. The summed E-state index contributed by atoms with van der Waals surface area (Å²) in [5, 5.41) is 3.54. The third-order valence-corrected chi connectivity index (χ3v) is 6.82. The van der Waals surface area contributed by atoms with E-state index in [9.17, 15) is 9.59 Å². The number of imidazole rings is 1. The Bertz CT molecular complexity index is 1470. The molecule has 1 aliphatic rings. The van der Waals surface area contributed by atoms with Crippen molar-refractivity contribution in [2.24, 2.45) is 0 Å². The van der Waals surface area contributed by atoms with Crippen LogP contribution in [0.15, 0.2) is 72.9 Å². The van der Waals surface area contributed by atoms with Crippen LogP contribution in [-0.4, -0.2) is 53.1 Å². The first-order chi connectivity index (χ1) is 18.8. The van der Waals surface area contributed by atoms with Gasteiger partial charge in [0.05, 0.1) is 25.6 Å². The minimum Gasteiger partial charge on any atom is -0.497 e. The molecule has 0 radical (unpaired) electrons. The van der Waals surface area contributed by atoms with E-state index in [1.807, 2.05) is 49.5 Å². The van der Waals surface area contributed by atoms with Crippen LogP contribution in [0.3, 0.4) is 0 Å². The molecule has 0 bridgehead atoms. The zero-order chi connectivity index (χ0) is 27.5. The number of carbonyl (C=O) groups is 2. The van der Waals surface area contributed by atoms with Gasteiger partial charge in [0, 0.05) is 46.6 Å². The minimum absolute atomic E-state index is 0.0524. The standard InChI is InChI=1S/C30H29ClN4O4/c1-19-4-6-21(7-5-19)29(37)34(23-12-13-23)18-28(36)33-30-32-27(20-8-10-22(31)11-9-20)17-35(30)24-14-25(38-2)16-26(15-24)39-3/h4-11,14-17,23H,12-13,18H2,1-3H3,(H,32,33,36). The molecular weight excluding hydrogens is 516 g/mol. The summed E-state index contributed by atoms with van der Waals surface area (Å²) in [6.45, 7) is 1.89. The molecule has 0 saturated heterocycles. The lowest BCUT2D eigenvalue weighted by Crippen LogP contribution is -2.39. The number of halogens is 1. The molecule has 3 aromatic carbocycles. The minimum atomic E-state index is -0.341. The van der Waals surface area contributed by atoms with Crippen LogP contribution in [0.5, 0.6) is 11.5 Å². The number of hydrogen-bond acceptors (Lipinski definition) is 5. The van der Waals surface area contributed by atoms with Crippen LogP contribution in [0.4, 0.5) is 5.95 Å². The van der Waals surface area contributed by atoms with Crippen molar-refractivity contribution in [2.75, 3.05) is 26.1 Å². The highest BCUT2D eigenvalue weighted by atomic mass is 35.5. The lowest BCUT2D eigenvalue weighted by atomic mass is 10.1.